The average Bonchev–Trinajstić information content (AvgIpc) is 2.98. The molecular weight excluding hydrogens is 326 g/mol. The van der Waals surface area contributed by atoms with Crippen molar-refractivity contribution in [3.05, 3.63) is 59.9 Å². The first-order chi connectivity index (χ1) is 12.6. The third-order valence-electron chi connectivity index (χ3n) is 5.93. The predicted molar refractivity (Wildman–Crippen MR) is 99.8 cm³/mol. The standard InChI is InChI=1S/C21H23N3O2/c1-15(25)24-12-8-21(9-13-24)14-18(17-4-2-3-5-19(17)21)20(26)23-16-6-10-22-11-7-16/h2-7,10-11,18H,8-9,12-14H2,1H3,(H,22,23,26). The van der Waals surface area contributed by atoms with E-state index in [0.29, 0.717) is 0 Å². The van der Waals surface area contributed by atoms with E-state index in [1.807, 2.05) is 11.0 Å². The Labute approximate surface area is 153 Å². The highest BCUT2D eigenvalue weighted by Crippen LogP contribution is 2.51. The minimum absolute atomic E-state index is 0.00277. The molecule has 1 aliphatic carbocycles. The van der Waals surface area contributed by atoms with Crippen molar-refractivity contribution in [2.45, 2.75) is 37.5 Å². The quantitative estimate of drug-likeness (QED) is 0.906. The lowest BCUT2D eigenvalue weighted by Gasteiger charge is -2.40. The summed E-state index contributed by atoms with van der Waals surface area (Å²) < 4.78 is 0. The molecule has 0 saturated carbocycles. The maximum Gasteiger partial charge on any atom is 0.231 e. The number of hydrogen-bond donors (Lipinski definition) is 1. The molecule has 0 bridgehead atoms. The van der Waals surface area contributed by atoms with Crippen molar-refractivity contribution in [1.82, 2.24) is 9.88 Å². The van der Waals surface area contributed by atoms with Gasteiger partial charge in [-0.25, -0.2) is 0 Å². The first-order valence-corrected chi connectivity index (χ1v) is 9.15. The zero-order valence-electron chi connectivity index (χ0n) is 14.9. The van der Waals surface area contributed by atoms with E-state index in [2.05, 4.69) is 28.5 Å². The summed E-state index contributed by atoms with van der Waals surface area (Å²) >= 11 is 0. The van der Waals surface area contributed by atoms with E-state index in [9.17, 15) is 9.59 Å². The second kappa shape index (κ2) is 6.56. The van der Waals surface area contributed by atoms with Gasteiger partial charge in [-0.05, 0) is 42.5 Å². The summed E-state index contributed by atoms with van der Waals surface area (Å²) in [4.78, 5) is 30.6. The largest absolute Gasteiger partial charge is 0.343 e. The molecule has 1 aliphatic heterocycles. The lowest BCUT2D eigenvalue weighted by atomic mass is 9.73. The summed E-state index contributed by atoms with van der Waals surface area (Å²) in [5, 5.41) is 3.03. The Balaban J connectivity index is 1.59. The Morgan fingerprint density at radius 1 is 1.12 bits per heavy atom. The second-order valence-corrected chi connectivity index (χ2v) is 7.36. The van der Waals surface area contributed by atoms with Crippen molar-refractivity contribution >= 4 is 17.5 Å². The Morgan fingerprint density at radius 3 is 2.50 bits per heavy atom. The van der Waals surface area contributed by atoms with Gasteiger partial charge in [-0.15, -0.1) is 0 Å². The van der Waals surface area contributed by atoms with Crippen LogP contribution in [0.5, 0.6) is 0 Å². The summed E-state index contributed by atoms with van der Waals surface area (Å²) in [6.07, 6.45) is 6.01. The number of benzene rings is 1. The van der Waals surface area contributed by atoms with E-state index in [1.54, 1.807) is 31.5 Å². The van der Waals surface area contributed by atoms with E-state index in [-0.39, 0.29) is 23.1 Å². The number of rotatable bonds is 2. The number of anilines is 1. The SMILES string of the molecule is CC(=O)N1CCC2(CC1)CC(C(=O)Nc1ccncc1)c1ccccc12. The number of pyridine rings is 1. The Hall–Kier alpha value is -2.69. The highest BCUT2D eigenvalue weighted by Gasteiger charge is 2.47. The third kappa shape index (κ3) is 2.87. The molecule has 2 heterocycles. The number of likely N-dealkylation sites (tertiary alicyclic amines) is 1. The topological polar surface area (TPSA) is 62.3 Å². The molecule has 5 nitrogen and oxygen atoms in total. The van der Waals surface area contributed by atoms with Gasteiger partial charge in [0, 0.05) is 43.5 Å². The first kappa shape index (κ1) is 16.8. The summed E-state index contributed by atoms with van der Waals surface area (Å²) in [6, 6.07) is 11.9. The smallest absolute Gasteiger partial charge is 0.231 e. The third-order valence-corrected chi connectivity index (χ3v) is 5.93. The van der Waals surface area contributed by atoms with Crippen LogP contribution in [0.3, 0.4) is 0 Å². The molecule has 134 valence electrons. The molecular formula is C21H23N3O2. The lowest BCUT2D eigenvalue weighted by molar-refractivity contribution is -0.130. The van der Waals surface area contributed by atoms with Crippen LogP contribution >= 0.6 is 0 Å². The van der Waals surface area contributed by atoms with Crippen molar-refractivity contribution in [3.8, 4) is 0 Å². The number of piperidine rings is 1. The van der Waals surface area contributed by atoms with E-state index < -0.39 is 0 Å². The highest BCUT2D eigenvalue weighted by molar-refractivity contribution is 5.96. The molecule has 1 saturated heterocycles. The van der Waals surface area contributed by atoms with Gasteiger partial charge in [-0.1, -0.05) is 24.3 Å². The molecule has 4 rings (SSSR count). The predicted octanol–water partition coefficient (Wildman–Crippen LogP) is 3.09. The molecule has 1 spiro atoms. The van der Waals surface area contributed by atoms with Crippen LogP contribution in [0.1, 0.15) is 43.2 Å². The van der Waals surface area contributed by atoms with E-state index >= 15 is 0 Å². The van der Waals surface area contributed by atoms with E-state index in [1.165, 1.54) is 5.56 Å². The highest BCUT2D eigenvalue weighted by atomic mass is 16.2. The molecule has 2 aromatic rings. The Morgan fingerprint density at radius 2 is 1.81 bits per heavy atom. The molecule has 1 unspecified atom stereocenters. The van der Waals surface area contributed by atoms with E-state index in [4.69, 9.17) is 0 Å². The van der Waals surface area contributed by atoms with Gasteiger partial charge >= 0.3 is 0 Å². The number of aromatic nitrogens is 1. The van der Waals surface area contributed by atoms with Gasteiger partial charge in [0.1, 0.15) is 0 Å². The van der Waals surface area contributed by atoms with E-state index in [0.717, 1.165) is 43.6 Å². The summed E-state index contributed by atoms with van der Waals surface area (Å²) in [5.41, 5.74) is 3.20. The molecule has 2 amide bonds. The minimum atomic E-state index is -0.150. The van der Waals surface area contributed by atoms with Crippen molar-refractivity contribution in [2.24, 2.45) is 0 Å². The summed E-state index contributed by atoms with van der Waals surface area (Å²) in [7, 11) is 0. The van der Waals surface area contributed by atoms with Gasteiger partial charge in [-0.3, -0.25) is 14.6 Å². The molecule has 1 aromatic heterocycles. The lowest BCUT2D eigenvalue weighted by Crippen LogP contribution is -2.43. The normalized spacial score (nSPS) is 20.7. The second-order valence-electron chi connectivity index (χ2n) is 7.36. The number of fused-ring (bicyclic) bond motifs is 2. The zero-order chi connectivity index (χ0) is 18.1. The summed E-state index contributed by atoms with van der Waals surface area (Å²) in [6.45, 7) is 3.16. The number of nitrogens with one attached hydrogen (secondary N) is 1. The van der Waals surface area contributed by atoms with Crippen LogP contribution in [-0.4, -0.2) is 34.8 Å². The molecule has 2 aliphatic rings. The van der Waals surface area contributed by atoms with Crippen LogP contribution in [0.2, 0.25) is 0 Å². The molecule has 5 heteroatoms. The van der Waals surface area contributed by atoms with Gasteiger partial charge in [0.25, 0.3) is 0 Å². The number of carbonyl (C=O) groups is 2. The molecule has 26 heavy (non-hydrogen) atoms. The van der Waals surface area contributed by atoms with Gasteiger partial charge < -0.3 is 10.2 Å². The van der Waals surface area contributed by atoms with Crippen LogP contribution in [0.25, 0.3) is 0 Å². The monoisotopic (exact) mass is 349 g/mol. The number of hydrogen-bond acceptors (Lipinski definition) is 3. The average molecular weight is 349 g/mol. The Kier molecular flexibility index (Phi) is 4.23. The first-order valence-electron chi connectivity index (χ1n) is 9.15. The maximum atomic E-state index is 13.0. The van der Waals surface area contributed by atoms with Crippen molar-refractivity contribution in [3.63, 3.8) is 0 Å². The molecule has 1 N–H and O–H groups in total. The fraction of sp³-hybridized carbons (Fsp3) is 0.381. The van der Waals surface area contributed by atoms with Crippen LogP contribution < -0.4 is 5.32 Å². The molecule has 0 radical (unpaired) electrons. The summed E-state index contributed by atoms with van der Waals surface area (Å²) in [5.74, 6) is 0.0240. The van der Waals surface area contributed by atoms with Crippen LogP contribution in [-0.2, 0) is 15.0 Å². The molecule has 1 aromatic carbocycles. The van der Waals surface area contributed by atoms with Gasteiger partial charge in [0.05, 0.1) is 5.92 Å². The maximum absolute atomic E-state index is 13.0. The minimum Gasteiger partial charge on any atom is -0.343 e. The number of nitrogens with zero attached hydrogens (tertiary/aromatic N) is 2. The van der Waals surface area contributed by atoms with Crippen molar-refractivity contribution in [2.75, 3.05) is 18.4 Å². The fourth-order valence-electron chi connectivity index (χ4n) is 4.52. The number of amides is 2. The van der Waals surface area contributed by atoms with Gasteiger partial charge in [0.15, 0.2) is 0 Å². The number of carbonyl (C=O) groups excluding carboxylic acids is 2. The zero-order valence-corrected chi connectivity index (χ0v) is 14.9. The van der Waals surface area contributed by atoms with Crippen LogP contribution in [0.15, 0.2) is 48.8 Å². The van der Waals surface area contributed by atoms with Gasteiger partial charge in [0.2, 0.25) is 11.8 Å². The molecule has 1 atom stereocenters. The molecule has 1 fully saturated rings. The van der Waals surface area contributed by atoms with Gasteiger partial charge in [-0.2, -0.15) is 0 Å². The van der Waals surface area contributed by atoms with Crippen LogP contribution in [0, 0.1) is 0 Å². The van der Waals surface area contributed by atoms with Crippen LogP contribution in [0.4, 0.5) is 5.69 Å². The fourth-order valence-corrected chi connectivity index (χ4v) is 4.52. The van der Waals surface area contributed by atoms with Crippen molar-refractivity contribution < 1.29 is 9.59 Å². The Bertz CT molecular complexity index is 826. The van der Waals surface area contributed by atoms with Crippen molar-refractivity contribution in [1.29, 1.82) is 0 Å².